The predicted molar refractivity (Wildman–Crippen MR) is 106 cm³/mol. The average Bonchev–Trinajstić information content (AvgIpc) is 2.66. The summed E-state index contributed by atoms with van der Waals surface area (Å²) in [6.45, 7) is 1.77. The van der Waals surface area contributed by atoms with Crippen molar-refractivity contribution in [1.29, 1.82) is 0 Å². The topological polar surface area (TPSA) is 72.5 Å². The molecule has 3 N–H and O–H groups in total. The Kier molecular flexibility index (Phi) is 5.88. The molecule has 0 spiro atoms. The molecule has 27 heavy (non-hydrogen) atoms. The second kappa shape index (κ2) is 8.51. The van der Waals surface area contributed by atoms with Gasteiger partial charge in [-0.3, -0.25) is 0 Å². The van der Waals surface area contributed by atoms with Gasteiger partial charge in [-0.1, -0.05) is 29.8 Å². The average molecular weight is 385 g/mol. The Labute approximate surface area is 161 Å². The van der Waals surface area contributed by atoms with Crippen LogP contribution in [0.3, 0.4) is 0 Å². The van der Waals surface area contributed by atoms with Crippen LogP contribution in [0.15, 0.2) is 65.8 Å². The number of benzene rings is 2. The molecule has 0 atom stereocenters. The Morgan fingerprint density at radius 1 is 1.19 bits per heavy atom. The smallest absolute Gasteiger partial charge is 0.200 e. The van der Waals surface area contributed by atoms with Crippen molar-refractivity contribution in [2.24, 2.45) is 10.7 Å². The fourth-order valence-corrected chi connectivity index (χ4v) is 2.50. The lowest BCUT2D eigenvalue weighted by atomic mass is 10.1. The van der Waals surface area contributed by atoms with E-state index in [4.69, 9.17) is 22.1 Å². The molecule has 0 bridgehead atoms. The second-order valence-corrected chi connectivity index (χ2v) is 6.23. The van der Waals surface area contributed by atoms with E-state index in [1.807, 2.05) is 0 Å². The third-order valence-corrected chi connectivity index (χ3v) is 4.00. The standard InChI is InChI=1S/C20H18ClFN4O/c1-13-4-2-5-14(18(13)22)12-27-17-6-3-11-24-19(17)26-20(23)25-16-9-7-15(21)8-10-16/h2-11H,12H2,1H3,(H3,23,24,25,26). The Bertz CT molecular complexity index is 960. The molecule has 3 aromatic rings. The molecule has 0 saturated heterocycles. The van der Waals surface area contributed by atoms with Gasteiger partial charge in [-0.2, -0.15) is 4.99 Å². The van der Waals surface area contributed by atoms with Gasteiger partial charge in [0.05, 0.1) is 0 Å². The summed E-state index contributed by atoms with van der Waals surface area (Å²) in [5, 5.41) is 3.57. The first kappa shape index (κ1) is 18.7. The second-order valence-electron chi connectivity index (χ2n) is 5.79. The van der Waals surface area contributed by atoms with Crippen molar-refractivity contribution in [3.63, 3.8) is 0 Å². The van der Waals surface area contributed by atoms with Crippen molar-refractivity contribution in [3.05, 3.63) is 82.8 Å². The molecule has 0 aliphatic heterocycles. The van der Waals surface area contributed by atoms with Crippen LogP contribution in [0.1, 0.15) is 11.1 Å². The molecule has 1 heterocycles. The van der Waals surface area contributed by atoms with Crippen LogP contribution in [0.2, 0.25) is 5.02 Å². The summed E-state index contributed by atoms with van der Waals surface area (Å²) in [6.07, 6.45) is 1.58. The fourth-order valence-electron chi connectivity index (χ4n) is 2.38. The summed E-state index contributed by atoms with van der Waals surface area (Å²) in [5.41, 5.74) is 7.71. The molecule has 0 aliphatic rings. The van der Waals surface area contributed by atoms with E-state index < -0.39 is 0 Å². The van der Waals surface area contributed by atoms with Crippen LogP contribution in [0.25, 0.3) is 0 Å². The van der Waals surface area contributed by atoms with E-state index in [0.717, 1.165) is 5.69 Å². The van der Waals surface area contributed by atoms with Crippen LogP contribution >= 0.6 is 11.6 Å². The third kappa shape index (κ3) is 4.95. The maximum Gasteiger partial charge on any atom is 0.200 e. The van der Waals surface area contributed by atoms with E-state index in [0.29, 0.717) is 27.7 Å². The zero-order chi connectivity index (χ0) is 19.2. The van der Waals surface area contributed by atoms with Gasteiger partial charge >= 0.3 is 0 Å². The molecular formula is C20H18ClFN4O. The SMILES string of the molecule is Cc1cccc(COc2cccnc2/N=C(\N)Nc2ccc(Cl)cc2)c1F. The van der Waals surface area contributed by atoms with Crippen LogP contribution in [-0.4, -0.2) is 10.9 Å². The van der Waals surface area contributed by atoms with Gasteiger partial charge in [0, 0.05) is 22.5 Å². The van der Waals surface area contributed by atoms with Crippen LogP contribution < -0.4 is 15.8 Å². The Morgan fingerprint density at radius 2 is 1.96 bits per heavy atom. The van der Waals surface area contributed by atoms with Crippen LogP contribution in [0.4, 0.5) is 15.9 Å². The minimum Gasteiger partial charge on any atom is -0.485 e. The highest BCUT2D eigenvalue weighted by Crippen LogP contribution is 2.26. The molecule has 0 radical (unpaired) electrons. The van der Waals surface area contributed by atoms with Gasteiger partial charge in [-0.05, 0) is 48.9 Å². The number of aliphatic imine (C=N–C) groups is 1. The van der Waals surface area contributed by atoms with Gasteiger partial charge < -0.3 is 15.8 Å². The van der Waals surface area contributed by atoms with Gasteiger partial charge in [-0.25, -0.2) is 9.37 Å². The Balaban J connectivity index is 1.75. The summed E-state index contributed by atoms with van der Waals surface area (Å²) in [4.78, 5) is 8.43. The number of aryl methyl sites for hydroxylation is 1. The number of nitrogens with zero attached hydrogens (tertiary/aromatic N) is 2. The van der Waals surface area contributed by atoms with Gasteiger partial charge in [0.15, 0.2) is 17.5 Å². The minimum atomic E-state index is -0.282. The first-order chi connectivity index (χ1) is 13.0. The number of aromatic nitrogens is 1. The number of guanidine groups is 1. The maximum atomic E-state index is 14.1. The lowest BCUT2D eigenvalue weighted by molar-refractivity contribution is 0.299. The zero-order valence-electron chi connectivity index (χ0n) is 14.6. The van der Waals surface area contributed by atoms with Gasteiger partial charge in [0.1, 0.15) is 12.4 Å². The minimum absolute atomic E-state index is 0.0618. The fraction of sp³-hybridized carbons (Fsp3) is 0.100. The molecule has 0 amide bonds. The van der Waals surface area contributed by atoms with Crippen molar-refractivity contribution in [2.45, 2.75) is 13.5 Å². The number of nitrogens with one attached hydrogen (secondary N) is 1. The summed E-state index contributed by atoms with van der Waals surface area (Å²) in [5.74, 6) is 0.557. The van der Waals surface area contributed by atoms with Gasteiger partial charge in [0.25, 0.3) is 0 Å². The Hall–Kier alpha value is -3.12. The largest absolute Gasteiger partial charge is 0.485 e. The van der Waals surface area contributed by atoms with Crippen molar-refractivity contribution in [2.75, 3.05) is 5.32 Å². The molecule has 2 aromatic carbocycles. The third-order valence-electron chi connectivity index (χ3n) is 3.75. The maximum absolute atomic E-state index is 14.1. The number of ether oxygens (including phenoxy) is 1. The highest BCUT2D eigenvalue weighted by molar-refractivity contribution is 6.30. The zero-order valence-corrected chi connectivity index (χ0v) is 15.4. The summed E-state index contributed by atoms with van der Waals surface area (Å²) >= 11 is 5.86. The lowest BCUT2D eigenvalue weighted by Crippen LogP contribution is -2.22. The molecule has 0 aliphatic carbocycles. The number of pyridine rings is 1. The molecule has 0 fully saturated rings. The number of anilines is 1. The van der Waals surface area contributed by atoms with E-state index in [2.05, 4.69) is 15.3 Å². The monoisotopic (exact) mass is 384 g/mol. The first-order valence-electron chi connectivity index (χ1n) is 8.21. The highest BCUT2D eigenvalue weighted by atomic mass is 35.5. The first-order valence-corrected chi connectivity index (χ1v) is 8.59. The number of nitrogens with two attached hydrogens (primary N) is 1. The van der Waals surface area contributed by atoms with Gasteiger partial charge in [0.2, 0.25) is 0 Å². The van der Waals surface area contributed by atoms with E-state index in [1.54, 1.807) is 67.7 Å². The quantitative estimate of drug-likeness (QED) is 0.488. The summed E-state index contributed by atoms with van der Waals surface area (Å²) in [6, 6.07) is 15.6. The van der Waals surface area contributed by atoms with Crippen molar-refractivity contribution in [1.82, 2.24) is 4.98 Å². The molecule has 7 heteroatoms. The Morgan fingerprint density at radius 3 is 2.74 bits per heavy atom. The molecule has 5 nitrogen and oxygen atoms in total. The number of rotatable bonds is 5. The lowest BCUT2D eigenvalue weighted by Gasteiger charge is -2.10. The van der Waals surface area contributed by atoms with Crippen molar-refractivity contribution < 1.29 is 9.13 Å². The van der Waals surface area contributed by atoms with Crippen LogP contribution in [-0.2, 0) is 6.61 Å². The van der Waals surface area contributed by atoms with Crippen LogP contribution in [0, 0.1) is 12.7 Å². The van der Waals surface area contributed by atoms with E-state index in [-0.39, 0.29) is 18.4 Å². The van der Waals surface area contributed by atoms with Gasteiger partial charge in [-0.15, -0.1) is 0 Å². The van der Waals surface area contributed by atoms with E-state index in [9.17, 15) is 4.39 Å². The molecule has 1 aromatic heterocycles. The number of halogens is 2. The normalized spacial score (nSPS) is 11.3. The number of hydrogen-bond acceptors (Lipinski definition) is 3. The van der Waals surface area contributed by atoms with E-state index >= 15 is 0 Å². The predicted octanol–water partition coefficient (Wildman–Crippen LogP) is 4.82. The highest BCUT2D eigenvalue weighted by Gasteiger charge is 2.09. The molecule has 138 valence electrons. The molecule has 0 saturated carbocycles. The molecule has 0 unspecified atom stereocenters. The summed E-state index contributed by atoms with van der Waals surface area (Å²) in [7, 11) is 0. The van der Waals surface area contributed by atoms with E-state index in [1.165, 1.54) is 0 Å². The van der Waals surface area contributed by atoms with Crippen molar-refractivity contribution >= 4 is 29.1 Å². The molecular weight excluding hydrogens is 367 g/mol. The number of hydrogen-bond donors (Lipinski definition) is 2. The summed E-state index contributed by atoms with van der Waals surface area (Å²) < 4.78 is 19.8. The molecule has 3 rings (SSSR count). The van der Waals surface area contributed by atoms with Crippen molar-refractivity contribution in [3.8, 4) is 5.75 Å². The van der Waals surface area contributed by atoms with Crippen LogP contribution in [0.5, 0.6) is 5.75 Å².